The molecule has 0 fully saturated rings. The molecule has 15 heteroatoms. The molecule has 0 saturated heterocycles. The van der Waals surface area contributed by atoms with Crippen LogP contribution in [-0.2, 0) is 15.1 Å². The molecule has 0 N–H and O–H groups in total. The van der Waals surface area contributed by atoms with E-state index < -0.39 is 32.6 Å². The molecule has 0 aromatic carbocycles. The van der Waals surface area contributed by atoms with E-state index in [1.165, 1.54) is 11.1 Å². The van der Waals surface area contributed by atoms with Crippen molar-refractivity contribution in [3.8, 4) is 5.75 Å². The number of carbonyl (C=O) groups excluding carboxylic acids is 1. The highest BCUT2D eigenvalue weighted by atomic mass is 35.7. The SMILES string of the molecule is CN(C)C(=O)Oc1cccnc1CN(C)C(CCCCCCCO[Cl+3]([O-])([O-])[O-])CO[Cl+3]([O-])([O-])[O-]. The van der Waals surface area contributed by atoms with E-state index >= 15 is 0 Å². The van der Waals surface area contributed by atoms with Gasteiger partial charge < -0.3 is 9.64 Å². The number of amides is 1. The van der Waals surface area contributed by atoms with Crippen LogP contribution in [0, 0.1) is 20.5 Å². The Labute approximate surface area is 202 Å². The van der Waals surface area contributed by atoms with Crippen molar-refractivity contribution in [2.24, 2.45) is 0 Å². The molecule has 1 aromatic rings. The second-order valence-electron chi connectivity index (χ2n) is 7.68. The topological polar surface area (TPSA) is 202 Å². The minimum absolute atomic E-state index is 0.183. The number of halogens is 2. The van der Waals surface area contributed by atoms with Crippen LogP contribution in [0.1, 0.15) is 44.2 Å². The summed E-state index contributed by atoms with van der Waals surface area (Å²) in [6.45, 7) is -0.351. The summed E-state index contributed by atoms with van der Waals surface area (Å²) in [5.41, 5.74) is 0.445. The normalized spacial score (nSPS) is 13.2. The Hall–Kier alpha value is -1.36. The van der Waals surface area contributed by atoms with E-state index in [0.717, 1.165) is 12.8 Å². The first-order valence-electron chi connectivity index (χ1n) is 10.4. The van der Waals surface area contributed by atoms with Crippen LogP contribution in [-0.4, -0.2) is 61.3 Å². The first-order valence-corrected chi connectivity index (χ1v) is 12.9. The van der Waals surface area contributed by atoms with Gasteiger partial charge in [-0.1, -0.05) is 25.7 Å². The highest BCUT2D eigenvalue weighted by Crippen LogP contribution is 2.20. The zero-order valence-corrected chi connectivity index (χ0v) is 20.9. The molecule has 0 aliphatic heterocycles. The number of nitrogens with zero attached hydrogens (tertiary/aromatic N) is 3. The third-order valence-corrected chi connectivity index (χ3v) is 5.53. The number of ether oxygens (including phenoxy) is 1. The van der Waals surface area contributed by atoms with Gasteiger partial charge in [0.1, 0.15) is 0 Å². The number of likely N-dealkylation sites (N-methyl/N-ethyl adjacent to an activating group) is 1. The number of carbonyl (C=O) groups is 1. The quantitative estimate of drug-likeness (QED) is 0.188. The molecule has 1 unspecified atom stereocenters. The summed E-state index contributed by atoms with van der Waals surface area (Å²) in [5, 5.41) is 0. The molecule has 1 atom stereocenters. The van der Waals surface area contributed by atoms with E-state index in [1.807, 2.05) is 0 Å². The molecule has 1 rings (SSSR count). The molecule has 1 aromatic heterocycles. The van der Waals surface area contributed by atoms with Gasteiger partial charge >= 0.3 is 6.09 Å². The predicted molar refractivity (Wildman–Crippen MR) is 98.8 cm³/mol. The van der Waals surface area contributed by atoms with Gasteiger partial charge in [0, 0.05) is 32.9 Å². The highest BCUT2D eigenvalue weighted by molar-refractivity contribution is 5.70. The van der Waals surface area contributed by atoms with Crippen molar-refractivity contribution in [3.63, 3.8) is 0 Å². The van der Waals surface area contributed by atoms with Crippen LogP contribution in [0.5, 0.6) is 5.75 Å². The van der Waals surface area contributed by atoms with E-state index in [9.17, 15) is 32.7 Å². The number of hydrogen-bond donors (Lipinski definition) is 0. The Bertz CT molecular complexity index is 731. The Morgan fingerprint density at radius 2 is 1.59 bits per heavy atom. The summed E-state index contributed by atoms with van der Waals surface area (Å²) >= 11 is 0. The van der Waals surface area contributed by atoms with E-state index in [2.05, 4.69) is 13.6 Å². The number of unbranched alkanes of at least 4 members (excludes halogenated alkanes) is 4. The van der Waals surface area contributed by atoms with Crippen molar-refractivity contribution in [2.45, 2.75) is 51.1 Å². The molecule has 0 saturated carbocycles. The second kappa shape index (κ2) is 14.9. The molecular formula is C19H31Cl2N3O10. The van der Waals surface area contributed by atoms with Crippen molar-refractivity contribution in [1.82, 2.24) is 14.8 Å². The number of aromatic nitrogens is 1. The minimum Gasteiger partial charge on any atom is -0.408 e. The van der Waals surface area contributed by atoms with Crippen LogP contribution in [0.25, 0.3) is 0 Å². The summed E-state index contributed by atoms with van der Waals surface area (Å²) in [6, 6.07) is 2.75. The molecule has 0 spiro atoms. The van der Waals surface area contributed by atoms with E-state index in [1.54, 1.807) is 38.2 Å². The molecule has 34 heavy (non-hydrogen) atoms. The molecule has 0 aliphatic rings. The van der Waals surface area contributed by atoms with Crippen molar-refractivity contribution in [3.05, 3.63) is 24.0 Å². The smallest absolute Gasteiger partial charge is 0.408 e. The van der Waals surface area contributed by atoms with E-state index in [4.69, 9.17) is 4.74 Å². The lowest BCUT2D eigenvalue weighted by Gasteiger charge is -2.27. The fourth-order valence-corrected chi connectivity index (χ4v) is 3.53. The lowest BCUT2D eigenvalue weighted by atomic mass is 10.1. The maximum atomic E-state index is 11.9. The number of rotatable bonds is 16. The van der Waals surface area contributed by atoms with Crippen LogP contribution >= 0.6 is 0 Å². The van der Waals surface area contributed by atoms with Gasteiger partial charge in [0.05, 0.1) is 34.8 Å². The minimum atomic E-state index is -4.59. The Balaban J connectivity index is 2.63. The fraction of sp³-hybridized carbons (Fsp3) is 0.684. The Morgan fingerprint density at radius 3 is 2.21 bits per heavy atom. The predicted octanol–water partition coefficient (Wildman–Crippen LogP) is -3.89. The van der Waals surface area contributed by atoms with Crippen molar-refractivity contribution in [1.29, 1.82) is 0 Å². The molecule has 1 amide bonds. The fourth-order valence-electron chi connectivity index (χ4n) is 2.93. The van der Waals surface area contributed by atoms with Gasteiger partial charge in [-0.2, -0.15) is 28.0 Å². The van der Waals surface area contributed by atoms with Gasteiger partial charge in [-0.05, 0) is 32.0 Å². The van der Waals surface area contributed by atoms with Crippen molar-refractivity contribution in [2.75, 3.05) is 34.4 Å². The van der Waals surface area contributed by atoms with E-state index in [0.29, 0.717) is 31.4 Å². The van der Waals surface area contributed by atoms with Gasteiger partial charge in [0.25, 0.3) is 0 Å². The van der Waals surface area contributed by atoms with Crippen LogP contribution in [0.15, 0.2) is 18.3 Å². The van der Waals surface area contributed by atoms with E-state index in [-0.39, 0.29) is 25.5 Å². The molecule has 0 radical (unpaired) electrons. The Kier molecular flexibility index (Phi) is 13.4. The van der Waals surface area contributed by atoms with Crippen LogP contribution in [0.2, 0.25) is 0 Å². The zero-order valence-electron chi connectivity index (χ0n) is 19.4. The standard InChI is InChI=1S/C19H31Cl2N3O10/c1-23(2)19(25)34-18-11-9-12-22-17(18)14-24(3)16(15-33-21(29,30)31)10-7-5-4-6-8-13-32-20(26,27)28/h9,11-12,16H,4-8,10,13-15H2,1-3H3. The lowest BCUT2D eigenvalue weighted by molar-refractivity contribution is -1.92. The zero-order chi connectivity index (χ0) is 25.8. The summed E-state index contributed by atoms with van der Waals surface area (Å²) < 4.78 is 77.7. The van der Waals surface area contributed by atoms with Crippen LogP contribution in [0.3, 0.4) is 0 Å². The van der Waals surface area contributed by atoms with Gasteiger partial charge in [-0.25, -0.2) is 4.79 Å². The molecule has 1 heterocycles. The number of pyridine rings is 1. The maximum absolute atomic E-state index is 11.9. The number of hydrogen-bond acceptors (Lipinski definition) is 12. The Morgan fingerprint density at radius 1 is 0.971 bits per heavy atom. The average Bonchev–Trinajstić information content (AvgIpc) is 2.71. The van der Waals surface area contributed by atoms with Gasteiger partial charge in [0.2, 0.25) is 13.2 Å². The molecular weight excluding hydrogens is 501 g/mol. The van der Waals surface area contributed by atoms with Crippen molar-refractivity contribution >= 4 is 6.09 Å². The first-order chi connectivity index (χ1) is 15.8. The van der Waals surface area contributed by atoms with Crippen LogP contribution in [0.4, 0.5) is 4.79 Å². The first kappa shape index (κ1) is 30.7. The summed E-state index contributed by atoms with van der Waals surface area (Å²) in [5.74, 6) is 0.254. The second-order valence-corrected chi connectivity index (χ2v) is 9.63. The monoisotopic (exact) mass is 531 g/mol. The molecule has 196 valence electrons. The van der Waals surface area contributed by atoms with Gasteiger partial charge in [-0.15, -0.1) is 0 Å². The summed E-state index contributed by atoms with van der Waals surface area (Å²) in [7, 11) is -4.22. The third-order valence-electron chi connectivity index (χ3n) is 4.71. The van der Waals surface area contributed by atoms with Crippen molar-refractivity contribution < 1.29 is 66.6 Å². The third kappa shape index (κ3) is 14.1. The average molecular weight is 532 g/mol. The van der Waals surface area contributed by atoms with Crippen LogP contribution < -0.4 is 32.7 Å². The van der Waals surface area contributed by atoms with Gasteiger partial charge in [-0.3, -0.25) is 9.88 Å². The largest absolute Gasteiger partial charge is 0.414 e. The summed E-state index contributed by atoms with van der Waals surface area (Å²) in [4.78, 5) is 19.2. The lowest BCUT2D eigenvalue weighted by Crippen LogP contribution is -2.62. The van der Waals surface area contributed by atoms with Gasteiger partial charge in [0.15, 0.2) is 5.75 Å². The molecule has 13 nitrogen and oxygen atoms in total. The highest BCUT2D eigenvalue weighted by Gasteiger charge is 2.26. The summed E-state index contributed by atoms with van der Waals surface area (Å²) in [6.07, 6.45) is 4.63. The molecule has 0 aliphatic carbocycles. The molecule has 0 bridgehead atoms. The maximum Gasteiger partial charge on any atom is 0.414 e.